The van der Waals surface area contributed by atoms with Gasteiger partial charge in [0.25, 0.3) is 18.4 Å². The number of aryl methyl sites for hydroxylation is 1. The van der Waals surface area contributed by atoms with Crippen LogP contribution in [0.15, 0.2) is 35.5 Å². The first-order chi connectivity index (χ1) is 13.7. The maximum atomic E-state index is 14.3. The second-order valence-corrected chi connectivity index (χ2v) is 7.86. The summed E-state index contributed by atoms with van der Waals surface area (Å²) in [7, 11) is 0. The number of nitrogens with one attached hydrogen (secondary N) is 1. The molecule has 10 heteroatoms. The van der Waals surface area contributed by atoms with Crippen molar-refractivity contribution in [1.29, 1.82) is 0 Å². The molecule has 3 N–H and O–H groups in total. The summed E-state index contributed by atoms with van der Waals surface area (Å²) in [5, 5.41) is 3.20. The zero-order valence-corrected chi connectivity index (χ0v) is 16.6. The Balaban J connectivity index is 1.75. The zero-order chi connectivity index (χ0) is 20.9. The average Bonchev–Trinajstić information content (AvgIpc) is 3.43. The van der Waals surface area contributed by atoms with Crippen molar-refractivity contribution in [3.8, 4) is 0 Å². The van der Waals surface area contributed by atoms with Gasteiger partial charge in [-0.15, -0.1) is 0 Å². The Hall–Kier alpha value is -2.45. The Morgan fingerprint density at radius 2 is 2.14 bits per heavy atom. The van der Waals surface area contributed by atoms with Gasteiger partial charge in [0.2, 0.25) is 0 Å². The molecule has 1 aliphatic heterocycles. The molecule has 1 aliphatic carbocycles. The Kier molecular flexibility index (Phi) is 4.86. The van der Waals surface area contributed by atoms with E-state index in [2.05, 4.69) is 15.3 Å². The van der Waals surface area contributed by atoms with Crippen LogP contribution in [0.1, 0.15) is 28.0 Å². The average molecular weight is 441 g/mol. The lowest BCUT2D eigenvalue weighted by atomic mass is 9.84. The fourth-order valence-electron chi connectivity index (χ4n) is 3.64. The molecule has 3 atom stereocenters. The number of anilines is 1. The lowest BCUT2D eigenvalue weighted by Gasteiger charge is -2.34. The van der Waals surface area contributed by atoms with Crippen molar-refractivity contribution in [2.24, 2.45) is 16.6 Å². The van der Waals surface area contributed by atoms with Gasteiger partial charge in [-0.05, 0) is 43.2 Å². The number of alkyl halides is 2. The predicted octanol–water partition coefficient (Wildman–Crippen LogP) is 4.14. The number of nitrogens with zero attached hydrogens (tertiary/aromatic N) is 2. The van der Waals surface area contributed by atoms with E-state index < -0.39 is 29.9 Å². The number of aliphatic imine (C=N–C) groups is 1. The summed E-state index contributed by atoms with van der Waals surface area (Å²) < 4.78 is 33.9. The number of hydrogen-bond donors (Lipinski definition) is 2. The van der Waals surface area contributed by atoms with Crippen LogP contribution in [0.4, 0.5) is 14.5 Å². The summed E-state index contributed by atoms with van der Waals surface area (Å²) in [5.74, 6) is -1.06. The normalized spacial score (nSPS) is 25.1. The number of nitrogens with two attached hydrogens (primary N) is 1. The summed E-state index contributed by atoms with van der Waals surface area (Å²) in [5.41, 5.74) is 4.78. The van der Waals surface area contributed by atoms with Crippen molar-refractivity contribution in [3.63, 3.8) is 0 Å². The number of rotatable bonds is 4. The van der Waals surface area contributed by atoms with Crippen LogP contribution in [0, 0.1) is 12.8 Å². The number of ether oxygens (including phenoxy) is 1. The number of amidine groups is 1. The lowest BCUT2D eigenvalue weighted by Crippen LogP contribution is -2.43. The molecule has 0 spiro atoms. The maximum absolute atomic E-state index is 14.3. The number of carbonyl (C=O) groups is 1. The van der Waals surface area contributed by atoms with Crippen molar-refractivity contribution in [1.82, 2.24) is 4.98 Å². The monoisotopic (exact) mass is 440 g/mol. The SMILES string of the molecule is Cc1cc(NC(=O)c2ccc(Cl)cn2)cc([C@]2(C(F)F)N=C(N)O[C@H]3C[C@H]32)c1Cl. The van der Waals surface area contributed by atoms with Crippen LogP contribution in [0.25, 0.3) is 0 Å². The number of carbonyl (C=O) groups excluding carboxylic acids is 1. The van der Waals surface area contributed by atoms with E-state index in [4.69, 9.17) is 33.7 Å². The Labute approximate surface area is 175 Å². The van der Waals surface area contributed by atoms with Crippen LogP contribution in [0.3, 0.4) is 0 Å². The van der Waals surface area contributed by atoms with E-state index in [9.17, 15) is 13.6 Å². The van der Waals surface area contributed by atoms with Gasteiger partial charge in [-0.2, -0.15) is 0 Å². The topological polar surface area (TPSA) is 89.6 Å². The molecule has 4 rings (SSSR count). The number of halogens is 4. The highest BCUT2D eigenvalue weighted by molar-refractivity contribution is 6.32. The molecule has 1 aromatic carbocycles. The van der Waals surface area contributed by atoms with Crippen LogP contribution in [0.5, 0.6) is 0 Å². The van der Waals surface area contributed by atoms with Crippen LogP contribution < -0.4 is 11.1 Å². The van der Waals surface area contributed by atoms with Crippen molar-refractivity contribution in [2.75, 3.05) is 5.32 Å². The molecule has 29 heavy (non-hydrogen) atoms. The molecule has 1 fully saturated rings. The molecular formula is C19H16Cl2F2N4O2. The molecule has 1 amide bonds. The van der Waals surface area contributed by atoms with Crippen LogP contribution in [-0.2, 0) is 10.3 Å². The number of pyridine rings is 1. The van der Waals surface area contributed by atoms with E-state index in [0.717, 1.165) is 0 Å². The van der Waals surface area contributed by atoms with Gasteiger partial charge in [0.05, 0.1) is 5.02 Å². The summed E-state index contributed by atoms with van der Waals surface area (Å²) in [6.45, 7) is 1.66. The van der Waals surface area contributed by atoms with E-state index >= 15 is 0 Å². The maximum Gasteiger partial charge on any atom is 0.283 e. The van der Waals surface area contributed by atoms with Gasteiger partial charge in [0, 0.05) is 28.4 Å². The highest BCUT2D eigenvalue weighted by atomic mass is 35.5. The predicted molar refractivity (Wildman–Crippen MR) is 106 cm³/mol. The third-order valence-corrected chi connectivity index (χ3v) is 5.83. The van der Waals surface area contributed by atoms with Gasteiger partial charge < -0.3 is 15.8 Å². The highest BCUT2D eigenvalue weighted by Crippen LogP contribution is 2.57. The molecule has 2 aliphatic rings. The quantitative estimate of drug-likeness (QED) is 0.747. The standard InChI is InChI=1S/C19H16Cl2F2N4O2/c1-8-4-10(26-16(28)13-3-2-9(20)7-25-13)5-12(15(8)21)19(17(22)23)11-6-14(11)29-18(24)27-19/h2-5,7,11,14,17H,6H2,1H3,(H2,24,27)(H,26,28)/t11-,14+,19-/m1/s1. The van der Waals surface area contributed by atoms with Gasteiger partial charge in [-0.25, -0.2) is 18.8 Å². The fourth-order valence-corrected chi connectivity index (χ4v) is 4.01. The third kappa shape index (κ3) is 3.40. The van der Waals surface area contributed by atoms with Crippen molar-refractivity contribution in [2.45, 2.75) is 31.4 Å². The second kappa shape index (κ2) is 7.11. The largest absolute Gasteiger partial charge is 0.462 e. The van der Waals surface area contributed by atoms with Crippen molar-refractivity contribution < 1.29 is 18.3 Å². The van der Waals surface area contributed by atoms with E-state index in [1.54, 1.807) is 13.0 Å². The first kappa shape index (κ1) is 19.8. The van der Waals surface area contributed by atoms with Gasteiger partial charge in [0.15, 0.2) is 5.54 Å². The number of hydrogen-bond acceptors (Lipinski definition) is 5. The van der Waals surface area contributed by atoms with Gasteiger partial charge >= 0.3 is 0 Å². The molecule has 0 unspecified atom stereocenters. The third-order valence-electron chi connectivity index (χ3n) is 5.10. The fraction of sp³-hybridized carbons (Fsp3) is 0.316. The van der Waals surface area contributed by atoms with Crippen LogP contribution in [0.2, 0.25) is 10.0 Å². The Morgan fingerprint density at radius 1 is 1.38 bits per heavy atom. The number of fused-ring (bicyclic) bond motifs is 1. The van der Waals surface area contributed by atoms with Crippen LogP contribution in [-0.4, -0.2) is 29.4 Å². The molecule has 2 aromatic rings. The minimum Gasteiger partial charge on any atom is -0.462 e. The van der Waals surface area contributed by atoms with E-state index in [1.165, 1.54) is 24.4 Å². The first-order valence-corrected chi connectivity index (χ1v) is 9.51. The highest BCUT2D eigenvalue weighted by Gasteiger charge is 2.64. The molecule has 0 radical (unpaired) electrons. The first-order valence-electron chi connectivity index (χ1n) is 8.76. The molecule has 1 aromatic heterocycles. The number of aromatic nitrogens is 1. The number of benzene rings is 1. The molecule has 0 bridgehead atoms. The Morgan fingerprint density at radius 3 is 2.79 bits per heavy atom. The van der Waals surface area contributed by atoms with E-state index in [0.29, 0.717) is 22.7 Å². The smallest absolute Gasteiger partial charge is 0.283 e. The molecule has 2 heterocycles. The minimum atomic E-state index is -2.86. The molecule has 152 valence electrons. The van der Waals surface area contributed by atoms with Gasteiger partial charge in [-0.3, -0.25) is 4.79 Å². The molecule has 0 saturated heterocycles. The van der Waals surface area contributed by atoms with Crippen molar-refractivity contribution in [3.05, 3.63) is 57.3 Å². The Bertz CT molecular complexity index is 1020. The minimum absolute atomic E-state index is 0.104. The van der Waals surface area contributed by atoms with Crippen molar-refractivity contribution >= 4 is 40.8 Å². The van der Waals surface area contributed by atoms with E-state index in [1.807, 2.05) is 0 Å². The van der Waals surface area contributed by atoms with Gasteiger partial charge in [-0.1, -0.05) is 23.2 Å². The summed E-state index contributed by atoms with van der Waals surface area (Å²) in [4.78, 5) is 20.4. The second-order valence-electron chi connectivity index (χ2n) is 7.05. The molecule has 1 saturated carbocycles. The molecule has 6 nitrogen and oxygen atoms in total. The summed E-state index contributed by atoms with van der Waals surface area (Å²) >= 11 is 12.2. The van der Waals surface area contributed by atoms with Crippen LogP contribution >= 0.6 is 23.2 Å². The molecular weight excluding hydrogens is 425 g/mol. The number of amides is 1. The lowest BCUT2D eigenvalue weighted by molar-refractivity contribution is 0.0197. The van der Waals surface area contributed by atoms with E-state index in [-0.39, 0.29) is 22.3 Å². The van der Waals surface area contributed by atoms with Gasteiger partial charge in [0.1, 0.15) is 11.8 Å². The summed E-state index contributed by atoms with van der Waals surface area (Å²) in [6, 6.07) is 5.70. The zero-order valence-electron chi connectivity index (χ0n) is 15.1. The summed E-state index contributed by atoms with van der Waals surface area (Å²) in [6.07, 6.45) is -1.54.